The molecule has 138 valence electrons. The molecule has 3 aromatic rings. The average Bonchev–Trinajstić information content (AvgIpc) is 3.03. The van der Waals surface area contributed by atoms with Gasteiger partial charge in [-0.05, 0) is 42.0 Å². The Hall–Kier alpha value is -2.52. The first-order chi connectivity index (χ1) is 12.2. The number of hydrogen-bond acceptors (Lipinski definition) is 3. The quantitative estimate of drug-likeness (QED) is 0.534. The minimum Gasteiger partial charge on any atom is -0.381 e. The van der Waals surface area contributed by atoms with Gasteiger partial charge >= 0.3 is 6.30 Å². The van der Waals surface area contributed by atoms with Crippen LogP contribution in [-0.4, -0.2) is 34.4 Å². The van der Waals surface area contributed by atoms with Crippen molar-refractivity contribution in [2.75, 3.05) is 13.2 Å². The van der Waals surface area contributed by atoms with Gasteiger partial charge in [-0.25, -0.2) is 18.8 Å². The third-order valence-electron chi connectivity index (χ3n) is 3.98. The molecule has 0 fully saturated rings. The third-order valence-corrected chi connectivity index (χ3v) is 3.98. The Morgan fingerprint density at radius 3 is 2.38 bits per heavy atom. The molecule has 0 amide bonds. The van der Waals surface area contributed by atoms with Gasteiger partial charge < -0.3 is 5.11 Å². The Labute approximate surface area is 144 Å². The standard InChI is InChI=1S/C17H14F5N3O/c18-9-16(26,10-23-17(20,21)22)12-1-6-15-11(7-12)8-24-25(15)14-4-2-13(19)3-5-14/h1-8,23,26H,9-10H2. The van der Waals surface area contributed by atoms with Crippen molar-refractivity contribution < 1.29 is 27.1 Å². The van der Waals surface area contributed by atoms with Crippen LogP contribution in [0.15, 0.2) is 48.7 Å². The van der Waals surface area contributed by atoms with Crippen LogP contribution in [-0.2, 0) is 5.60 Å². The fourth-order valence-electron chi connectivity index (χ4n) is 2.58. The van der Waals surface area contributed by atoms with Gasteiger partial charge in [-0.3, -0.25) is 0 Å². The van der Waals surface area contributed by atoms with Gasteiger partial charge in [-0.15, -0.1) is 0 Å². The van der Waals surface area contributed by atoms with Crippen LogP contribution in [0.5, 0.6) is 0 Å². The van der Waals surface area contributed by atoms with Crippen molar-refractivity contribution in [3.8, 4) is 5.69 Å². The van der Waals surface area contributed by atoms with E-state index in [-0.39, 0.29) is 5.56 Å². The molecule has 1 unspecified atom stereocenters. The predicted molar refractivity (Wildman–Crippen MR) is 85.0 cm³/mol. The molecule has 3 rings (SSSR count). The van der Waals surface area contributed by atoms with Crippen LogP contribution in [0.4, 0.5) is 22.0 Å². The number of nitrogens with one attached hydrogen (secondary N) is 1. The van der Waals surface area contributed by atoms with Gasteiger partial charge in [0.2, 0.25) is 0 Å². The van der Waals surface area contributed by atoms with Crippen LogP contribution in [0.3, 0.4) is 0 Å². The molecule has 1 aromatic heterocycles. The van der Waals surface area contributed by atoms with Crippen LogP contribution in [0.1, 0.15) is 5.56 Å². The van der Waals surface area contributed by atoms with Crippen molar-refractivity contribution in [3.63, 3.8) is 0 Å². The molecule has 0 aliphatic rings. The van der Waals surface area contributed by atoms with Gasteiger partial charge in [-0.1, -0.05) is 6.07 Å². The van der Waals surface area contributed by atoms with Gasteiger partial charge in [0.05, 0.1) is 17.4 Å². The summed E-state index contributed by atoms with van der Waals surface area (Å²) in [6.45, 7) is -2.42. The van der Waals surface area contributed by atoms with Crippen LogP contribution < -0.4 is 5.32 Å². The first-order valence-corrected chi connectivity index (χ1v) is 7.56. The van der Waals surface area contributed by atoms with Crippen LogP contribution in [0, 0.1) is 5.82 Å². The van der Waals surface area contributed by atoms with Gasteiger partial charge in [0.15, 0.2) is 0 Å². The number of rotatable bonds is 5. The van der Waals surface area contributed by atoms with Crippen molar-refractivity contribution in [1.29, 1.82) is 0 Å². The number of hydrogen-bond donors (Lipinski definition) is 2. The topological polar surface area (TPSA) is 50.1 Å². The number of nitrogens with zero attached hydrogens (tertiary/aromatic N) is 2. The maximum Gasteiger partial charge on any atom is 0.457 e. The molecule has 1 atom stereocenters. The maximum atomic E-state index is 13.3. The zero-order chi connectivity index (χ0) is 18.9. The molecule has 4 nitrogen and oxygen atoms in total. The molecule has 0 saturated carbocycles. The van der Waals surface area contributed by atoms with Gasteiger partial charge in [-0.2, -0.15) is 18.3 Å². The predicted octanol–water partition coefficient (Wildman–Crippen LogP) is 3.43. The van der Waals surface area contributed by atoms with Crippen molar-refractivity contribution in [1.82, 2.24) is 15.1 Å². The molecule has 9 heteroatoms. The molecule has 0 aliphatic heterocycles. The summed E-state index contributed by atoms with van der Waals surface area (Å²) in [5.74, 6) is -0.405. The Bertz CT molecular complexity index is 907. The van der Waals surface area contributed by atoms with Crippen LogP contribution >= 0.6 is 0 Å². The molecule has 1 heterocycles. The van der Waals surface area contributed by atoms with Gasteiger partial charge in [0.25, 0.3) is 0 Å². The number of aliphatic hydroxyl groups is 1. The molecular weight excluding hydrogens is 357 g/mol. The highest BCUT2D eigenvalue weighted by Crippen LogP contribution is 2.27. The van der Waals surface area contributed by atoms with Gasteiger partial charge in [0.1, 0.15) is 18.1 Å². The number of benzene rings is 2. The lowest BCUT2D eigenvalue weighted by Crippen LogP contribution is -2.45. The highest BCUT2D eigenvalue weighted by Gasteiger charge is 2.36. The summed E-state index contributed by atoms with van der Waals surface area (Å²) in [4.78, 5) is 0. The van der Waals surface area contributed by atoms with E-state index in [1.807, 2.05) is 0 Å². The molecule has 0 bridgehead atoms. The van der Waals surface area contributed by atoms with E-state index in [4.69, 9.17) is 0 Å². The second kappa shape index (κ2) is 6.65. The molecule has 26 heavy (non-hydrogen) atoms. The van der Waals surface area contributed by atoms with E-state index < -0.39 is 30.9 Å². The second-order valence-electron chi connectivity index (χ2n) is 5.82. The average molecular weight is 371 g/mol. The van der Waals surface area contributed by atoms with E-state index in [9.17, 15) is 27.1 Å². The monoisotopic (exact) mass is 371 g/mol. The molecule has 0 saturated heterocycles. The van der Waals surface area contributed by atoms with Crippen molar-refractivity contribution in [2.45, 2.75) is 11.9 Å². The maximum absolute atomic E-state index is 13.3. The van der Waals surface area contributed by atoms with E-state index in [1.165, 1.54) is 53.3 Å². The minimum absolute atomic E-state index is 0.0112. The lowest BCUT2D eigenvalue weighted by Gasteiger charge is -2.26. The highest BCUT2D eigenvalue weighted by atomic mass is 19.4. The lowest BCUT2D eigenvalue weighted by molar-refractivity contribution is -0.168. The lowest BCUT2D eigenvalue weighted by atomic mass is 9.94. The van der Waals surface area contributed by atoms with Crippen molar-refractivity contribution >= 4 is 10.9 Å². The second-order valence-corrected chi connectivity index (χ2v) is 5.82. The fourth-order valence-corrected chi connectivity index (χ4v) is 2.58. The van der Waals surface area contributed by atoms with Crippen LogP contribution in [0.2, 0.25) is 0 Å². The molecule has 0 radical (unpaired) electrons. The summed E-state index contributed by atoms with van der Waals surface area (Å²) in [7, 11) is 0. The third kappa shape index (κ3) is 3.68. The molecular formula is C17H14F5N3O. The number of halogens is 5. The van der Waals surface area contributed by atoms with Crippen LogP contribution in [0.25, 0.3) is 16.6 Å². The largest absolute Gasteiger partial charge is 0.457 e. The van der Waals surface area contributed by atoms with E-state index in [1.54, 1.807) is 0 Å². The van der Waals surface area contributed by atoms with E-state index in [2.05, 4.69) is 5.10 Å². The summed E-state index contributed by atoms with van der Waals surface area (Å²) in [6, 6.07) is 9.78. The van der Waals surface area contributed by atoms with E-state index in [0.717, 1.165) is 5.32 Å². The summed E-state index contributed by atoms with van der Waals surface area (Å²) in [6.07, 6.45) is -3.31. The number of alkyl halides is 4. The van der Waals surface area contributed by atoms with Gasteiger partial charge in [0, 0.05) is 11.9 Å². The first-order valence-electron chi connectivity index (χ1n) is 7.56. The summed E-state index contributed by atoms with van der Waals surface area (Å²) >= 11 is 0. The minimum atomic E-state index is -4.74. The Kier molecular flexibility index (Phi) is 4.68. The van der Waals surface area contributed by atoms with Crippen molar-refractivity contribution in [3.05, 3.63) is 60.0 Å². The molecule has 0 aliphatic carbocycles. The summed E-state index contributed by atoms with van der Waals surface area (Å²) in [5.41, 5.74) is -1.19. The Balaban J connectivity index is 1.95. The molecule has 2 aromatic carbocycles. The zero-order valence-electron chi connectivity index (χ0n) is 13.3. The SMILES string of the molecule is OC(CF)(CNC(F)(F)F)c1ccc2c(cnn2-c2ccc(F)cc2)c1. The molecule has 2 N–H and O–H groups in total. The molecule has 0 spiro atoms. The summed E-state index contributed by atoms with van der Waals surface area (Å²) in [5, 5.41) is 16.1. The fraction of sp³-hybridized carbons (Fsp3) is 0.235. The van der Waals surface area contributed by atoms with Crippen molar-refractivity contribution in [2.24, 2.45) is 0 Å². The Morgan fingerprint density at radius 2 is 1.77 bits per heavy atom. The normalized spacial score (nSPS) is 14.5. The van der Waals surface area contributed by atoms with E-state index in [0.29, 0.717) is 16.6 Å². The van der Waals surface area contributed by atoms with E-state index >= 15 is 0 Å². The zero-order valence-corrected chi connectivity index (χ0v) is 13.3. The highest BCUT2D eigenvalue weighted by molar-refractivity contribution is 5.81. The summed E-state index contributed by atoms with van der Waals surface area (Å²) < 4.78 is 64.8. The number of fused-ring (bicyclic) bond motifs is 1. The number of aromatic nitrogens is 2. The Morgan fingerprint density at radius 1 is 1.08 bits per heavy atom. The first kappa shape index (κ1) is 18.3. The smallest absolute Gasteiger partial charge is 0.381 e.